The average Bonchev–Trinajstić information content (AvgIpc) is 2.59. The second-order valence-electron chi connectivity index (χ2n) is 5.38. The number of esters is 1. The summed E-state index contributed by atoms with van der Waals surface area (Å²) in [5.41, 5.74) is -0.761. The second-order valence-corrected chi connectivity index (χ2v) is 5.82. The van der Waals surface area contributed by atoms with Gasteiger partial charge in [0.05, 0.1) is 4.92 Å². The van der Waals surface area contributed by atoms with Crippen LogP contribution >= 0.6 is 11.6 Å². The van der Waals surface area contributed by atoms with Crippen molar-refractivity contribution < 1.29 is 24.0 Å². The van der Waals surface area contributed by atoms with Gasteiger partial charge in [0.2, 0.25) is 5.91 Å². The van der Waals surface area contributed by atoms with E-state index in [1.807, 2.05) is 0 Å². The average molecular weight is 370 g/mol. The van der Waals surface area contributed by atoms with E-state index < -0.39 is 29.1 Å². The molecule has 134 valence electrons. The number of hydrogen-bond donors (Lipinski definition) is 0. The zero-order valence-electron chi connectivity index (χ0n) is 13.4. The maximum Gasteiger partial charge on any atom is 0.345 e. The number of ether oxygens (including phenoxy) is 1. The summed E-state index contributed by atoms with van der Waals surface area (Å²) < 4.78 is 4.89. The Balaban J connectivity index is 1.94. The molecular weight excluding hydrogens is 354 g/mol. The van der Waals surface area contributed by atoms with Gasteiger partial charge in [-0.05, 0) is 12.1 Å². The van der Waals surface area contributed by atoms with Gasteiger partial charge in [0.25, 0.3) is 11.6 Å². The van der Waals surface area contributed by atoms with Gasteiger partial charge in [-0.15, -0.1) is 0 Å². The van der Waals surface area contributed by atoms with Gasteiger partial charge in [-0.1, -0.05) is 11.6 Å². The first-order chi connectivity index (χ1) is 11.8. The number of nitrogens with zero attached hydrogens (tertiary/aromatic N) is 3. The second kappa shape index (κ2) is 7.93. The molecule has 0 aromatic heterocycles. The molecule has 1 aromatic carbocycles. The maximum atomic E-state index is 12.1. The predicted octanol–water partition coefficient (Wildman–Crippen LogP) is 1.10. The summed E-state index contributed by atoms with van der Waals surface area (Å²) in [5.74, 6) is -1.49. The third-order valence-corrected chi connectivity index (χ3v) is 4.01. The van der Waals surface area contributed by atoms with Gasteiger partial charge in [0.15, 0.2) is 6.61 Å². The molecule has 0 atom stereocenters. The van der Waals surface area contributed by atoms with E-state index >= 15 is 0 Å². The number of amides is 2. The topological polar surface area (TPSA) is 110 Å². The quantitative estimate of drug-likeness (QED) is 0.446. The molecule has 1 aliphatic heterocycles. The van der Waals surface area contributed by atoms with Crippen LogP contribution in [0, 0.1) is 10.1 Å². The molecule has 1 aromatic rings. The summed E-state index contributed by atoms with van der Waals surface area (Å²) >= 11 is 5.75. The van der Waals surface area contributed by atoms with Crippen LogP contribution in [-0.4, -0.2) is 65.3 Å². The third kappa shape index (κ3) is 4.66. The number of carbonyl (C=O) groups excluding carboxylic acids is 3. The molecule has 1 aliphatic rings. The summed E-state index contributed by atoms with van der Waals surface area (Å²) in [6.07, 6.45) is 0. The lowest BCUT2D eigenvalue weighted by molar-refractivity contribution is -0.385. The molecule has 0 aliphatic carbocycles. The smallest absolute Gasteiger partial charge is 0.345 e. The van der Waals surface area contributed by atoms with E-state index in [-0.39, 0.29) is 16.5 Å². The van der Waals surface area contributed by atoms with Crippen molar-refractivity contribution in [1.29, 1.82) is 0 Å². The lowest BCUT2D eigenvalue weighted by Gasteiger charge is -2.34. The lowest BCUT2D eigenvalue weighted by Crippen LogP contribution is -2.51. The molecule has 10 heteroatoms. The van der Waals surface area contributed by atoms with E-state index in [2.05, 4.69) is 0 Å². The van der Waals surface area contributed by atoms with Crippen LogP contribution in [0.4, 0.5) is 5.69 Å². The molecule has 2 amide bonds. The van der Waals surface area contributed by atoms with Gasteiger partial charge < -0.3 is 14.5 Å². The van der Waals surface area contributed by atoms with E-state index in [1.54, 1.807) is 4.90 Å². The first kappa shape index (κ1) is 18.7. The zero-order valence-corrected chi connectivity index (χ0v) is 14.2. The Hall–Kier alpha value is -2.68. The molecule has 0 N–H and O–H groups in total. The molecule has 1 saturated heterocycles. The fourth-order valence-corrected chi connectivity index (χ4v) is 2.57. The standard InChI is InChI=1S/C15H16ClN3O6/c1-10(20)17-4-6-18(7-5-17)14(21)9-25-15(22)12-8-11(16)2-3-13(12)19(23)24/h2-3,8H,4-7,9H2,1H3. The van der Waals surface area contributed by atoms with Crippen molar-refractivity contribution in [2.45, 2.75) is 6.92 Å². The molecular formula is C15H16ClN3O6. The molecule has 9 nitrogen and oxygen atoms in total. The molecule has 0 radical (unpaired) electrons. The number of nitro groups is 1. The van der Waals surface area contributed by atoms with Gasteiger partial charge in [-0.3, -0.25) is 19.7 Å². The van der Waals surface area contributed by atoms with Crippen molar-refractivity contribution in [2.75, 3.05) is 32.8 Å². The Kier molecular flexibility index (Phi) is 5.92. The highest BCUT2D eigenvalue weighted by Crippen LogP contribution is 2.23. The number of nitro benzene ring substituents is 1. The highest BCUT2D eigenvalue weighted by molar-refractivity contribution is 6.31. The van der Waals surface area contributed by atoms with E-state index in [4.69, 9.17) is 16.3 Å². The minimum atomic E-state index is -0.995. The summed E-state index contributed by atoms with van der Waals surface area (Å²) in [6.45, 7) is 2.42. The molecule has 25 heavy (non-hydrogen) atoms. The van der Waals surface area contributed by atoms with Crippen molar-refractivity contribution >= 4 is 35.1 Å². The van der Waals surface area contributed by atoms with Gasteiger partial charge >= 0.3 is 5.97 Å². The Bertz CT molecular complexity index is 715. The van der Waals surface area contributed by atoms with Crippen LogP contribution < -0.4 is 0 Å². The molecule has 0 spiro atoms. The summed E-state index contributed by atoms with van der Waals surface area (Å²) in [7, 11) is 0. The number of benzene rings is 1. The number of carbonyl (C=O) groups is 3. The Labute approximate surface area is 148 Å². The summed E-state index contributed by atoms with van der Waals surface area (Å²) in [6, 6.07) is 3.51. The number of rotatable bonds is 4. The third-order valence-electron chi connectivity index (χ3n) is 3.78. The maximum absolute atomic E-state index is 12.1. The number of piperazine rings is 1. The predicted molar refractivity (Wildman–Crippen MR) is 87.2 cm³/mol. The Morgan fingerprint density at radius 2 is 1.80 bits per heavy atom. The number of halogens is 1. The van der Waals surface area contributed by atoms with Crippen LogP contribution in [0.2, 0.25) is 5.02 Å². The Morgan fingerprint density at radius 3 is 2.36 bits per heavy atom. The van der Waals surface area contributed by atoms with Crippen molar-refractivity contribution in [3.05, 3.63) is 38.9 Å². The van der Waals surface area contributed by atoms with E-state index in [0.717, 1.165) is 12.1 Å². The Morgan fingerprint density at radius 1 is 1.20 bits per heavy atom. The summed E-state index contributed by atoms with van der Waals surface area (Å²) in [4.78, 5) is 48.7. The van der Waals surface area contributed by atoms with Crippen LogP contribution in [0.3, 0.4) is 0 Å². The van der Waals surface area contributed by atoms with E-state index in [1.165, 1.54) is 17.9 Å². The zero-order chi connectivity index (χ0) is 18.6. The molecule has 1 fully saturated rings. The monoisotopic (exact) mass is 369 g/mol. The van der Waals surface area contributed by atoms with E-state index in [0.29, 0.717) is 26.2 Å². The minimum absolute atomic E-state index is 0.0632. The van der Waals surface area contributed by atoms with E-state index in [9.17, 15) is 24.5 Å². The van der Waals surface area contributed by atoms with Gasteiger partial charge in [-0.25, -0.2) is 4.79 Å². The molecule has 1 heterocycles. The lowest BCUT2D eigenvalue weighted by atomic mass is 10.2. The first-order valence-electron chi connectivity index (χ1n) is 7.44. The van der Waals surface area contributed by atoms with Crippen LogP contribution in [0.15, 0.2) is 18.2 Å². The fourth-order valence-electron chi connectivity index (χ4n) is 2.40. The molecule has 2 rings (SSSR count). The van der Waals surface area contributed by atoms with Crippen LogP contribution in [0.5, 0.6) is 0 Å². The summed E-state index contributed by atoms with van der Waals surface area (Å²) in [5, 5.41) is 11.1. The van der Waals surface area contributed by atoms with Crippen LogP contribution in [-0.2, 0) is 14.3 Å². The van der Waals surface area contributed by atoms with Crippen LogP contribution in [0.1, 0.15) is 17.3 Å². The number of hydrogen-bond acceptors (Lipinski definition) is 6. The molecule has 0 saturated carbocycles. The highest BCUT2D eigenvalue weighted by Gasteiger charge is 2.25. The fraction of sp³-hybridized carbons (Fsp3) is 0.400. The molecule has 0 unspecified atom stereocenters. The highest BCUT2D eigenvalue weighted by atomic mass is 35.5. The van der Waals surface area contributed by atoms with Gasteiger partial charge in [0.1, 0.15) is 5.56 Å². The first-order valence-corrected chi connectivity index (χ1v) is 7.81. The van der Waals surface area contributed by atoms with Crippen molar-refractivity contribution in [2.24, 2.45) is 0 Å². The SMILES string of the molecule is CC(=O)N1CCN(C(=O)COC(=O)c2cc(Cl)ccc2[N+](=O)[O-])CC1. The van der Waals surface area contributed by atoms with Crippen molar-refractivity contribution in [3.8, 4) is 0 Å². The minimum Gasteiger partial charge on any atom is -0.452 e. The van der Waals surface area contributed by atoms with Gasteiger partial charge in [0, 0.05) is 44.2 Å². The molecule has 0 bridgehead atoms. The van der Waals surface area contributed by atoms with Gasteiger partial charge in [-0.2, -0.15) is 0 Å². The van der Waals surface area contributed by atoms with Crippen molar-refractivity contribution in [1.82, 2.24) is 9.80 Å². The van der Waals surface area contributed by atoms with Crippen LogP contribution in [0.25, 0.3) is 0 Å². The largest absolute Gasteiger partial charge is 0.452 e. The normalized spacial score (nSPS) is 14.2. The van der Waals surface area contributed by atoms with Crippen molar-refractivity contribution in [3.63, 3.8) is 0 Å².